The molecule has 0 saturated heterocycles. The Morgan fingerprint density at radius 2 is 1.14 bits per heavy atom. The van der Waals surface area contributed by atoms with Crippen molar-refractivity contribution in [2.45, 2.75) is 0 Å². The van der Waals surface area contributed by atoms with Crippen LogP contribution in [0.2, 0.25) is 0 Å². The zero-order chi connectivity index (χ0) is 4.50. The van der Waals surface area contributed by atoms with Crippen molar-refractivity contribution in [2.75, 3.05) is 0 Å². The number of hydrogen-bond donors (Lipinski definition) is 3. The quantitative estimate of drug-likeness (QED) is 0.357. The molecule has 0 heterocycles. The van der Waals surface area contributed by atoms with Gasteiger partial charge in [-0.3, -0.25) is 0 Å². The summed E-state index contributed by atoms with van der Waals surface area (Å²) in [4.78, 5) is 21.6. The van der Waals surface area contributed by atoms with Crippen LogP contribution in [0.5, 0.6) is 0 Å². The predicted octanol–water partition coefficient (Wildman–Crippen LogP) is -1.85. The number of hydrogen-bond acceptors (Lipinski definition) is 1. The molecule has 7 heteroatoms. The number of phosphoric acid groups is 1. The number of rotatable bonds is 0. The van der Waals surface area contributed by atoms with Gasteiger partial charge in [0, 0.05) is 17.4 Å². The molecule has 0 atom stereocenters. The Balaban J connectivity index is -0.0000000800. The first-order valence-electron chi connectivity index (χ1n) is 0.783. The van der Waals surface area contributed by atoms with Crippen LogP contribution in [0.4, 0.5) is 0 Å². The van der Waals surface area contributed by atoms with Crippen molar-refractivity contribution in [3.8, 4) is 0 Å². The second kappa shape index (κ2) is 5.58. The van der Waals surface area contributed by atoms with Crippen molar-refractivity contribution >= 4 is 31.7 Å². The van der Waals surface area contributed by atoms with E-state index >= 15 is 0 Å². The van der Waals surface area contributed by atoms with Crippen LogP contribution in [-0.2, 0) is 21.9 Å². The molecule has 4 nitrogen and oxygen atoms in total. The van der Waals surface area contributed by atoms with Crippen molar-refractivity contribution in [1.82, 2.24) is 0 Å². The molecule has 0 aliphatic carbocycles. The minimum absolute atomic E-state index is 0. The molecule has 0 amide bonds. The molecule has 3 N–H and O–H groups in total. The van der Waals surface area contributed by atoms with E-state index in [1.807, 2.05) is 0 Å². The van der Waals surface area contributed by atoms with Crippen LogP contribution in [0.1, 0.15) is 0 Å². The molecule has 0 fully saturated rings. The van der Waals surface area contributed by atoms with Crippen molar-refractivity contribution in [3.05, 3.63) is 0 Å². The van der Waals surface area contributed by atoms with Crippen LogP contribution in [0.15, 0.2) is 0 Å². The van der Waals surface area contributed by atoms with E-state index in [-0.39, 0.29) is 41.3 Å². The van der Waals surface area contributed by atoms with Gasteiger partial charge in [0.15, 0.2) is 0 Å². The van der Waals surface area contributed by atoms with Gasteiger partial charge in [0.25, 0.3) is 0 Å². The Kier molecular flexibility index (Phi) is 12.6. The fourth-order valence-electron chi connectivity index (χ4n) is 0. The average molecular weight is 271 g/mol. The van der Waals surface area contributed by atoms with Gasteiger partial charge < -0.3 is 14.7 Å². The molecular weight excluding hydrogens is 266 g/mol. The molecule has 0 bridgehead atoms. The molecule has 0 aromatic heterocycles. The van der Waals surface area contributed by atoms with Crippen LogP contribution in [-0.4, -0.2) is 38.6 Å². The first-order valence-corrected chi connectivity index (χ1v) is 2.35. The van der Waals surface area contributed by atoms with Gasteiger partial charge in [0.2, 0.25) is 0 Å². The fourth-order valence-corrected chi connectivity index (χ4v) is 0. The van der Waals surface area contributed by atoms with Gasteiger partial charge in [-0.15, -0.1) is 0 Å². The third-order valence-corrected chi connectivity index (χ3v) is 0. The van der Waals surface area contributed by atoms with Gasteiger partial charge in [-0.05, 0) is 0 Å². The summed E-state index contributed by atoms with van der Waals surface area (Å²) in [7, 11) is -4.64. The van der Waals surface area contributed by atoms with E-state index in [1.165, 1.54) is 0 Å². The summed E-state index contributed by atoms with van der Waals surface area (Å²) in [5.41, 5.74) is 0. The van der Waals surface area contributed by atoms with Crippen LogP contribution < -0.4 is 0 Å². The Labute approximate surface area is 68.3 Å². The van der Waals surface area contributed by atoms with Crippen molar-refractivity contribution < 1.29 is 36.6 Å². The Morgan fingerprint density at radius 3 is 1.14 bits per heavy atom. The zero-order valence-electron chi connectivity index (χ0n) is 3.31. The first-order chi connectivity index (χ1) is 2.00. The molecule has 0 aliphatic heterocycles. The van der Waals surface area contributed by atoms with Crippen molar-refractivity contribution in [1.29, 1.82) is 0 Å². The summed E-state index contributed by atoms with van der Waals surface area (Å²) >= 11 is 0. The average Bonchev–Trinajstić information content (AvgIpc) is 0.722. The summed E-state index contributed by atoms with van der Waals surface area (Å²) in [6, 6.07) is 0. The van der Waals surface area contributed by atoms with E-state index in [0.717, 1.165) is 0 Å². The molecule has 0 aromatic carbocycles. The molecule has 2 radical (unpaired) electrons. The van der Waals surface area contributed by atoms with E-state index in [2.05, 4.69) is 0 Å². The van der Waals surface area contributed by atoms with Crippen molar-refractivity contribution in [3.63, 3.8) is 0 Å². The van der Waals surface area contributed by atoms with E-state index in [9.17, 15) is 0 Å². The SMILES string of the molecule is O=P(O)(O)O.[Cr].[SnH2]. The second-order valence-corrected chi connectivity index (χ2v) is 1.54. The Bertz CT molecular complexity index is 57.8. The summed E-state index contributed by atoms with van der Waals surface area (Å²) in [6.45, 7) is 0. The molecule has 7 heavy (non-hydrogen) atoms. The van der Waals surface area contributed by atoms with Gasteiger partial charge in [-0.25, -0.2) is 4.57 Å². The standard InChI is InChI=1S/Cr.H3O4P.Sn.2H/c;1-5(2,3)4;;;/h;(H3,1,2,3,4);;;. The van der Waals surface area contributed by atoms with Gasteiger partial charge in [0.05, 0.1) is 0 Å². The molecular formula is H5CrO4PSn. The zero-order valence-corrected chi connectivity index (χ0v) is 9.52. The van der Waals surface area contributed by atoms with Gasteiger partial charge in [0.1, 0.15) is 0 Å². The maximum atomic E-state index is 8.88. The Morgan fingerprint density at radius 1 is 1.14 bits per heavy atom. The van der Waals surface area contributed by atoms with Crippen molar-refractivity contribution in [2.24, 2.45) is 0 Å². The monoisotopic (exact) mass is 272 g/mol. The molecule has 44 valence electrons. The summed E-state index contributed by atoms with van der Waals surface area (Å²) in [5, 5.41) is 0. The van der Waals surface area contributed by atoms with Crippen LogP contribution in [0, 0.1) is 0 Å². The third kappa shape index (κ3) is 106. The molecule has 0 aliphatic rings. The summed E-state index contributed by atoms with van der Waals surface area (Å²) in [5.74, 6) is 0. The predicted molar refractivity (Wildman–Crippen MR) is 22.8 cm³/mol. The van der Waals surface area contributed by atoms with E-state index < -0.39 is 7.82 Å². The van der Waals surface area contributed by atoms with Crippen LogP contribution in [0.25, 0.3) is 0 Å². The van der Waals surface area contributed by atoms with Gasteiger partial charge in [-0.2, -0.15) is 0 Å². The minimum atomic E-state index is -4.64. The Hall–Kier alpha value is 1.44. The molecule has 0 saturated carbocycles. The fraction of sp³-hybridized carbons (Fsp3) is 0. The first kappa shape index (κ1) is 15.8. The molecule has 0 unspecified atom stereocenters. The molecule has 0 aromatic rings. The summed E-state index contributed by atoms with van der Waals surface area (Å²) in [6.07, 6.45) is 0. The van der Waals surface area contributed by atoms with Gasteiger partial charge in [-0.1, -0.05) is 0 Å². The topological polar surface area (TPSA) is 77.8 Å². The summed E-state index contributed by atoms with van der Waals surface area (Å²) < 4.78 is 8.88. The third-order valence-electron chi connectivity index (χ3n) is 0. The molecule has 0 rings (SSSR count). The van der Waals surface area contributed by atoms with E-state index in [4.69, 9.17) is 19.2 Å². The van der Waals surface area contributed by atoms with Crippen LogP contribution >= 0.6 is 7.82 Å². The second-order valence-electron chi connectivity index (χ2n) is 0.513. The van der Waals surface area contributed by atoms with Gasteiger partial charge >= 0.3 is 31.7 Å². The maximum absolute atomic E-state index is 8.88. The molecule has 0 spiro atoms. The van der Waals surface area contributed by atoms with Crippen LogP contribution in [0.3, 0.4) is 0 Å². The van der Waals surface area contributed by atoms with E-state index in [1.54, 1.807) is 0 Å². The normalized spacial score (nSPS) is 8.43. The van der Waals surface area contributed by atoms with E-state index in [0.29, 0.717) is 0 Å².